The number of ether oxygens (including phenoxy) is 1. The molecule has 0 amide bonds. The summed E-state index contributed by atoms with van der Waals surface area (Å²) in [5, 5.41) is 9.76. The Bertz CT molecular complexity index is 455. The molecule has 2 heterocycles. The number of hydrogen-bond donors (Lipinski definition) is 1. The number of aryl methyl sites for hydroxylation is 1. The van der Waals surface area contributed by atoms with Gasteiger partial charge in [-0.2, -0.15) is 0 Å². The van der Waals surface area contributed by atoms with Crippen molar-refractivity contribution in [3.63, 3.8) is 0 Å². The molecule has 0 radical (unpaired) electrons. The Morgan fingerprint density at radius 1 is 1.37 bits per heavy atom. The predicted octanol–water partition coefficient (Wildman–Crippen LogP) is 1.98. The van der Waals surface area contributed by atoms with E-state index in [1.807, 2.05) is 6.92 Å². The third kappa shape index (κ3) is 3.12. The number of hydrogen-bond acceptors (Lipinski definition) is 5. The number of rotatable bonds is 4. The highest BCUT2D eigenvalue weighted by atomic mass is 32.2. The first-order valence-electron chi connectivity index (χ1n) is 6.72. The van der Waals surface area contributed by atoms with Crippen LogP contribution in [-0.2, 0) is 11.3 Å². The largest absolute Gasteiger partial charge is 0.368 e. The fourth-order valence-electron chi connectivity index (χ4n) is 2.66. The van der Waals surface area contributed by atoms with Gasteiger partial charge in [-0.3, -0.25) is 0 Å². The summed E-state index contributed by atoms with van der Waals surface area (Å²) in [5.41, 5.74) is 5.43. The lowest BCUT2D eigenvalue weighted by atomic mass is 10.0. The number of thioether (sulfide) groups is 1. The van der Waals surface area contributed by atoms with Gasteiger partial charge < -0.3 is 15.0 Å². The fourth-order valence-corrected chi connectivity index (χ4v) is 4.17. The summed E-state index contributed by atoms with van der Waals surface area (Å²) in [6.45, 7) is 11.9. The van der Waals surface area contributed by atoms with Crippen LogP contribution in [0.1, 0.15) is 39.9 Å². The van der Waals surface area contributed by atoms with Crippen LogP contribution in [0, 0.1) is 6.92 Å². The molecule has 0 bridgehead atoms. The van der Waals surface area contributed by atoms with Crippen LogP contribution in [-0.4, -0.2) is 37.8 Å². The fraction of sp³-hybridized carbons (Fsp3) is 0.846. The van der Waals surface area contributed by atoms with Gasteiger partial charge in [-0.25, -0.2) is 0 Å². The first-order chi connectivity index (χ1) is 8.75. The van der Waals surface area contributed by atoms with Gasteiger partial charge in [0.05, 0.1) is 11.2 Å². The molecule has 0 aromatic carbocycles. The molecule has 2 rings (SSSR count). The monoisotopic (exact) mass is 284 g/mol. The molecule has 6 heteroatoms. The SMILES string of the molecule is Cc1nnc(SC2CC(C)(C)OC2(C)C)n1CCN. The van der Waals surface area contributed by atoms with Crippen molar-refractivity contribution in [2.24, 2.45) is 5.73 Å². The van der Waals surface area contributed by atoms with Gasteiger partial charge in [0, 0.05) is 18.3 Å². The molecule has 1 atom stereocenters. The molecule has 0 spiro atoms. The third-order valence-electron chi connectivity index (χ3n) is 3.49. The Balaban J connectivity index is 2.18. The normalized spacial score (nSPS) is 24.8. The molecule has 0 saturated carbocycles. The van der Waals surface area contributed by atoms with Gasteiger partial charge in [0.1, 0.15) is 5.82 Å². The lowest BCUT2D eigenvalue weighted by molar-refractivity contribution is -0.0631. The zero-order chi connectivity index (χ0) is 14.3. The first kappa shape index (κ1) is 14.8. The third-order valence-corrected chi connectivity index (χ3v) is 5.03. The highest BCUT2D eigenvalue weighted by molar-refractivity contribution is 7.99. The minimum absolute atomic E-state index is 0.0745. The molecule has 19 heavy (non-hydrogen) atoms. The molecule has 0 aliphatic carbocycles. The molecule has 108 valence electrons. The molecule has 2 N–H and O–H groups in total. The summed E-state index contributed by atoms with van der Waals surface area (Å²) >= 11 is 1.76. The van der Waals surface area contributed by atoms with Gasteiger partial charge in [-0.15, -0.1) is 10.2 Å². The van der Waals surface area contributed by atoms with Crippen molar-refractivity contribution in [1.29, 1.82) is 0 Å². The van der Waals surface area contributed by atoms with Crippen LogP contribution in [0.3, 0.4) is 0 Å². The predicted molar refractivity (Wildman–Crippen MR) is 77.3 cm³/mol. The van der Waals surface area contributed by atoms with Crippen molar-refractivity contribution < 1.29 is 4.74 Å². The summed E-state index contributed by atoms with van der Waals surface area (Å²) in [6.07, 6.45) is 1.01. The smallest absolute Gasteiger partial charge is 0.191 e. The average molecular weight is 284 g/mol. The lowest BCUT2D eigenvalue weighted by Crippen LogP contribution is -2.31. The molecule has 1 aliphatic heterocycles. The summed E-state index contributed by atoms with van der Waals surface area (Å²) < 4.78 is 8.21. The standard InChI is InChI=1S/C13H24N4OS/c1-9-15-16-11(17(9)7-6-14)19-10-8-12(2,3)18-13(10,4)5/h10H,6-8,14H2,1-5H3. The van der Waals surface area contributed by atoms with E-state index in [0.29, 0.717) is 11.8 Å². The molecular formula is C13H24N4OS. The molecule has 1 aliphatic rings. The Kier molecular flexibility index (Phi) is 3.95. The lowest BCUT2D eigenvalue weighted by Gasteiger charge is -2.26. The van der Waals surface area contributed by atoms with Gasteiger partial charge >= 0.3 is 0 Å². The summed E-state index contributed by atoms with van der Waals surface area (Å²) in [4.78, 5) is 0. The zero-order valence-electron chi connectivity index (χ0n) is 12.4. The quantitative estimate of drug-likeness (QED) is 0.916. The van der Waals surface area contributed by atoms with Crippen LogP contribution >= 0.6 is 11.8 Å². The average Bonchev–Trinajstić information content (AvgIpc) is 2.69. The van der Waals surface area contributed by atoms with E-state index in [1.54, 1.807) is 11.8 Å². The van der Waals surface area contributed by atoms with Crippen LogP contribution in [0.5, 0.6) is 0 Å². The number of nitrogens with two attached hydrogens (primary N) is 1. The van der Waals surface area contributed by atoms with Crippen molar-refractivity contribution in [3.8, 4) is 0 Å². The van der Waals surface area contributed by atoms with E-state index in [4.69, 9.17) is 10.5 Å². The molecule has 1 aromatic heterocycles. The topological polar surface area (TPSA) is 66.0 Å². The van der Waals surface area contributed by atoms with Crippen molar-refractivity contribution in [1.82, 2.24) is 14.8 Å². The molecule has 1 unspecified atom stereocenters. The van der Waals surface area contributed by atoms with Crippen molar-refractivity contribution in [2.75, 3.05) is 6.54 Å². The van der Waals surface area contributed by atoms with Crippen molar-refractivity contribution in [2.45, 2.75) is 69.2 Å². The van der Waals surface area contributed by atoms with Crippen molar-refractivity contribution >= 4 is 11.8 Å². The van der Waals surface area contributed by atoms with Gasteiger partial charge in [-0.1, -0.05) is 11.8 Å². The van der Waals surface area contributed by atoms with E-state index >= 15 is 0 Å². The second-order valence-corrected chi connectivity index (χ2v) is 7.42. The molecule has 5 nitrogen and oxygen atoms in total. The highest BCUT2D eigenvalue weighted by Crippen LogP contribution is 2.45. The molecule has 1 aromatic rings. The summed E-state index contributed by atoms with van der Waals surface area (Å²) in [7, 11) is 0. The molecule has 1 saturated heterocycles. The Labute approximate surface area is 119 Å². The van der Waals surface area contributed by atoms with Crippen molar-refractivity contribution in [3.05, 3.63) is 5.82 Å². The van der Waals surface area contributed by atoms with E-state index in [-0.39, 0.29) is 11.2 Å². The van der Waals surface area contributed by atoms with E-state index < -0.39 is 0 Å². The maximum atomic E-state index is 6.12. The van der Waals surface area contributed by atoms with Gasteiger partial charge in [0.2, 0.25) is 0 Å². The van der Waals surface area contributed by atoms with Gasteiger partial charge in [0.15, 0.2) is 5.16 Å². The number of aromatic nitrogens is 3. The van der Waals surface area contributed by atoms with Crippen LogP contribution < -0.4 is 5.73 Å². The van der Waals surface area contributed by atoms with Gasteiger partial charge in [-0.05, 0) is 41.0 Å². The maximum Gasteiger partial charge on any atom is 0.191 e. The maximum absolute atomic E-state index is 6.12. The summed E-state index contributed by atoms with van der Waals surface area (Å²) in [5.74, 6) is 0.920. The van der Waals surface area contributed by atoms with Gasteiger partial charge in [0.25, 0.3) is 0 Å². The van der Waals surface area contributed by atoms with E-state index in [9.17, 15) is 0 Å². The molecular weight excluding hydrogens is 260 g/mol. The minimum Gasteiger partial charge on any atom is -0.368 e. The number of nitrogens with zero attached hydrogens (tertiary/aromatic N) is 3. The second-order valence-electron chi connectivity index (χ2n) is 6.25. The van der Waals surface area contributed by atoms with E-state index in [2.05, 4.69) is 42.5 Å². The van der Waals surface area contributed by atoms with E-state index in [0.717, 1.165) is 23.9 Å². The second kappa shape index (κ2) is 5.07. The molecule has 1 fully saturated rings. The Morgan fingerprint density at radius 2 is 2.05 bits per heavy atom. The van der Waals surface area contributed by atoms with Crippen LogP contribution in [0.25, 0.3) is 0 Å². The Morgan fingerprint density at radius 3 is 2.58 bits per heavy atom. The highest BCUT2D eigenvalue weighted by Gasteiger charge is 2.46. The van der Waals surface area contributed by atoms with Crippen LogP contribution in [0.4, 0.5) is 0 Å². The summed E-state index contributed by atoms with van der Waals surface area (Å²) in [6, 6.07) is 0. The van der Waals surface area contributed by atoms with Crippen LogP contribution in [0.2, 0.25) is 0 Å². The minimum atomic E-state index is -0.151. The van der Waals surface area contributed by atoms with Crippen LogP contribution in [0.15, 0.2) is 5.16 Å². The Hall–Kier alpha value is -0.590. The first-order valence-corrected chi connectivity index (χ1v) is 7.60. The van der Waals surface area contributed by atoms with E-state index in [1.165, 1.54) is 0 Å². The zero-order valence-corrected chi connectivity index (χ0v) is 13.3.